The smallest absolute Gasteiger partial charge is 0.330 e. The van der Waals surface area contributed by atoms with E-state index in [1.165, 1.54) is 0 Å². The maximum Gasteiger partial charge on any atom is 0.330 e. The van der Waals surface area contributed by atoms with Crippen molar-refractivity contribution >= 4 is 11.9 Å². The zero-order chi connectivity index (χ0) is 30.3. The van der Waals surface area contributed by atoms with Gasteiger partial charge in [-0.25, -0.2) is 9.59 Å². The normalized spacial score (nSPS) is 13.0. The molecule has 2 rings (SSSR count). The minimum absolute atomic E-state index is 0. The monoisotopic (exact) mass is 661 g/mol. The summed E-state index contributed by atoms with van der Waals surface area (Å²) in [6.45, 7) is 11.2. The summed E-state index contributed by atoms with van der Waals surface area (Å²) in [6.07, 6.45) is 0.555. The summed E-state index contributed by atoms with van der Waals surface area (Å²) >= 11 is 0. The van der Waals surface area contributed by atoms with Crippen LogP contribution in [0.15, 0.2) is 73.8 Å². The van der Waals surface area contributed by atoms with Crippen molar-refractivity contribution in [3.63, 3.8) is 0 Å². The van der Waals surface area contributed by atoms with Gasteiger partial charge in [0.1, 0.15) is 25.9 Å². The number of rotatable bonds is 19. The number of ether oxygens (including phenoxy) is 6. The molecule has 4 atom stereocenters. The van der Waals surface area contributed by atoms with Gasteiger partial charge < -0.3 is 38.6 Å². The molecule has 229 valence electrons. The Morgan fingerprint density at radius 1 is 0.738 bits per heavy atom. The second-order valence-electron chi connectivity index (χ2n) is 8.68. The largest absolute Gasteiger partial charge is 0.516 e. The third-order valence-corrected chi connectivity index (χ3v) is 4.94. The fourth-order valence-electron chi connectivity index (χ4n) is 2.73. The van der Waals surface area contributed by atoms with Crippen LogP contribution in [0.25, 0.3) is 0 Å². The van der Waals surface area contributed by atoms with E-state index in [-0.39, 0.29) is 71.3 Å². The summed E-state index contributed by atoms with van der Waals surface area (Å²) in [6, 6.07) is 20.1. The minimum Gasteiger partial charge on any atom is -0.516 e. The number of hydrogen-bond donors (Lipinski definition) is 2. The van der Waals surface area contributed by atoms with Gasteiger partial charge in [0.25, 0.3) is 0 Å². The van der Waals surface area contributed by atoms with E-state index in [4.69, 9.17) is 28.4 Å². The molecule has 2 aromatic rings. The number of aliphatic hydroxyl groups is 2. The number of benzene rings is 2. The van der Waals surface area contributed by atoms with Crippen molar-refractivity contribution in [1.29, 1.82) is 0 Å². The molecule has 0 heterocycles. The van der Waals surface area contributed by atoms with Crippen LogP contribution < -0.4 is 9.47 Å². The van der Waals surface area contributed by atoms with Crippen molar-refractivity contribution in [2.45, 2.75) is 44.7 Å². The molecule has 42 heavy (non-hydrogen) atoms. The van der Waals surface area contributed by atoms with Crippen LogP contribution in [0.3, 0.4) is 0 Å². The molecule has 0 spiro atoms. The minimum atomic E-state index is -0.868. The fourth-order valence-corrected chi connectivity index (χ4v) is 2.73. The molecule has 0 aliphatic rings. The van der Waals surface area contributed by atoms with Crippen molar-refractivity contribution in [3.05, 3.63) is 86.0 Å². The molecule has 1 radical (unpaired) electrons. The first-order chi connectivity index (χ1) is 19.7. The molecule has 2 N–H and O–H groups in total. The molecule has 0 saturated heterocycles. The van der Waals surface area contributed by atoms with Crippen LogP contribution in [0.2, 0.25) is 0 Å². The van der Waals surface area contributed by atoms with Crippen molar-refractivity contribution < 1.29 is 80.9 Å². The Bertz CT molecular complexity index is 990. The van der Waals surface area contributed by atoms with Crippen molar-refractivity contribution in [3.8, 4) is 11.5 Å². The number of carbonyl (C=O) groups excluding carboxylic acids is 2. The van der Waals surface area contributed by atoms with Gasteiger partial charge in [-0.15, -0.1) is 24.3 Å². The van der Waals surface area contributed by atoms with Crippen molar-refractivity contribution in [2.24, 2.45) is 0 Å². The van der Waals surface area contributed by atoms with Crippen molar-refractivity contribution in [1.82, 2.24) is 0 Å². The van der Waals surface area contributed by atoms with E-state index in [0.717, 1.165) is 23.7 Å². The molecular weight excluding hydrogens is 621 g/mol. The molecule has 10 nitrogen and oxygen atoms in total. The Kier molecular flexibility index (Phi) is 23.4. The Hall–Kier alpha value is -2.60. The van der Waals surface area contributed by atoms with E-state index in [9.17, 15) is 19.8 Å². The summed E-state index contributed by atoms with van der Waals surface area (Å²) < 4.78 is 31.3. The Morgan fingerprint density at radius 2 is 1.17 bits per heavy atom. The zero-order valence-electron chi connectivity index (χ0n) is 24.2. The third-order valence-electron chi connectivity index (χ3n) is 4.94. The predicted molar refractivity (Wildman–Crippen MR) is 151 cm³/mol. The van der Waals surface area contributed by atoms with Gasteiger partial charge in [-0.3, -0.25) is 0 Å². The Balaban J connectivity index is 0.000000783. The van der Waals surface area contributed by atoms with Gasteiger partial charge in [-0.2, -0.15) is 36.4 Å². The SMILES string of the molecule is C=CC(=O)OCC(O)COC(C)COc1cc[c-]cc1.C=CC(=O)OCCC(O)COC(C)COc1cc[c-]cc1.[Y]. The molecule has 0 aromatic heterocycles. The molecule has 4 unspecified atom stereocenters. The van der Waals surface area contributed by atoms with Gasteiger partial charge in [0.2, 0.25) is 0 Å². The average Bonchev–Trinajstić information content (AvgIpc) is 3.00. The van der Waals surface area contributed by atoms with Crippen LogP contribution in [-0.4, -0.2) is 86.2 Å². The predicted octanol–water partition coefficient (Wildman–Crippen LogP) is 3.11. The maximum absolute atomic E-state index is 10.8. The molecule has 0 aliphatic carbocycles. The number of hydrogen-bond acceptors (Lipinski definition) is 10. The van der Waals surface area contributed by atoms with E-state index >= 15 is 0 Å². The van der Waals surface area contributed by atoms with E-state index in [0.29, 0.717) is 19.6 Å². The second kappa shape index (κ2) is 25.0. The first-order valence-electron chi connectivity index (χ1n) is 13.1. The van der Waals surface area contributed by atoms with Crippen LogP contribution in [0.4, 0.5) is 0 Å². The number of esters is 2. The van der Waals surface area contributed by atoms with E-state index in [2.05, 4.69) is 25.3 Å². The van der Waals surface area contributed by atoms with E-state index in [1.54, 1.807) is 36.4 Å². The summed E-state index contributed by atoms with van der Waals surface area (Å²) in [5.41, 5.74) is 0. The Labute approximate surface area is 273 Å². The molecule has 0 fully saturated rings. The molecular formula is C31H40O10Y-2. The van der Waals surface area contributed by atoms with E-state index < -0.39 is 24.1 Å². The summed E-state index contributed by atoms with van der Waals surface area (Å²) in [7, 11) is 0. The van der Waals surface area contributed by atoms with Crippen LogP contribution >= 0.6 is 0 Å². The molecule has 0 saturated carbocycles. The van der Waals surface area contributed by atoms with Crippen LogP contribution in [-0.2, 0) is 61.2 Å². The van der Waals surface area contributed by atoms with Gasteiger partial charge in [-0.05, 0) is 13.8 Å². The number of aliphatic hydroxyl groups excluding tert-OH is 2. The first-order valence-corrected chi connectivity index (χ1v) is 13.1. The summed E-state index contributed by atoms with van der Waals surface area (Å²) in [5, 5.41) is 19.2. The zero-order valence-corrected chi connectivity index (χ0v) is 27.0. The fraction of sp³-hybridized carbons (Fsp3) is 0.419. The first kappa shape index (κ1) is 39.4. The quantitative estimate of drug-likeness (QED) is 0.132. The molecule has 0 aliphatic heterocycles. The van der Waals surface area contributed by atoms with Gasteiger partial charge in [0.15, 0.2) is 0 Å². The summed E-state index contributed by atoms with van der Waals surface area (Å²) in [4.78, 5) is 21.6. The maximum atomic E-state index is 10.8. The van der Waals surface area contributed by atoms with E-state index in [1.807, 2.05) is 26.0 Å². The van der Waals surface area contributed by atoms with Crippen LogP contribution in [0.5, 0.6) is 11.5 Å². The molecule has 0 bridgehead atoms. The molecule has 0 amide bonds. The molecule has 2 aromatic carbocycles. The third kappa shape index (κ3) is 21.2. The number of carbonyl (C=O) groups is 2. The Morgan fingerprint density at radius 3 is 1.62 bits per heavy atom. The summed E-state index contributed by atoms with van der Waals surface area (Å²) in [5.74, 6) is 0.423. The van der Waals surface area contributed by atoms with Gasteiger partial charge in [0, 0.05) is 62.8 Å². The second-order valence-corrected chi connectivity index (χ2v) is 8.68. The standard InChI is InChI=1S/C16H21O5.C15H19O5.Y/c1-3-16(18)19-10-9-14(17)12-20-13(2)11-21-15-7-5-4-6-8-15;1-3-15(17)20-11-13(16)10-18-12(2)9-19-14-7-5-4-6-8-14;/h3,5-8,13-14,17H,1,9-12H2,2H3;3,5-8,12-13,16H,1,9-11H2,2H3;/q2*-1;. The van der Waals surface area contributed by atoms with Crippen LogP contribution in [0, 0.1) is 12.1 Å². The van der Waals surface area contributed by atoms with Crippen LogP contribution in [0.1, 0.15) is 20.3 Å². The van der Waals surface area contributed by atoms with Gasteiger partial charge in [0.05, 0.1) is 38.1 Å². The van der Waals surface area contributed by atoms with Gasteiger partial charge >= 0.3 is 11.9 Å². The topological polar surface area (TPSA) is 130 Å². The molecule has 11 heteroatoms. The van der Waals surface area contributed by atoms with Gasteiger partial charge in [-0.1, -0.05) is 13.2 Å². The van der Waals surface area contributed by atoms with Crippen molar-refractivity contribution in [2.75, 3.05) is 39.6 Å². The average molecular weight is 662 g/mol.